The topological polar surface area (TPSA) is 110 Å². The van der Waals surface area contributed by atoms with E-state index in [1.807, 2.05) is 32.8 Å². The first kappa shape index (κ1) is 25.8. The predicted molar refractivity (Wildman–Crippen MR) is 140 cm³/mol. The molecule has 0 amide bonds. The van der Waals surface area contributed by atoms with Gasteiger partial charge in [-0.1, -0.05) is 0 Å². The number of imidazole rings is 1. The van der Waals surface area contributed by atoms with E-state index in [0.29, 0.717) is 22.7 Å². The van der Waals surface area contributed by atoms with E-state index in [1.165, 1.54) is 19.2 Å². The van der Waals surface area contributed by atoms with Gasteiger partial charge in [-0.3, -0.25) is 4.98 Å². The van der Waals surface area contributed by atoms with Crippen LogP contribution in [0.1, 0.15) is 16.8 Å². The minimum absolute atomic E-state index is 0.0297. The number of benzene rings is 2. The number of nitrogens with zero attached hydrogens (tertiary/aromatic N) is 4. The summed E-state index contributed by atoms with van der Waals surface area (Å²) >= 11 is -1.84. The summed E-state index contributed by atoms with van der Waals surface area (Å²) in [6, 6.07) is 11.4. The largest absolute Gasteiger partial charge is 0.609 e. The zero-order valence-corrected chi connectivity index (χ0v) is 22.6. The molecule has 0 saturated heterocycles. The molecule has 4 aromatic rings. The summed E-state index contributed by atoms with van der Waals surface area (Å²) in [6.07, 6.45) is 1.65. The number of fused-ring (bicyclic) bond motifs is 1. The lowest BCUT2D eigenvalue weighted by Gasteiger charge is -2.16. The zero-order valence-electron chi connectivity index (χ0n) is 21.0. The predicted octanol–water partition coefficient (Wildman–Crippen LogP) is 3.68. The van der Waals surface area contributed by atoms with Gasteiger partial charge >= 0.3 is 5.16 Å². The average Bonchev–Trinajstić information content (AvgIpc) is 3.26. The van der Waals surface area contributed by atoms with E-state index >= 15 is 0 Å². The number of ether oxygens (including phenoxy) is 2. The Morgan fingerprint density at radius 1 is 1.06 bits per heavy atom. The van der Waals surface area contributed by atoms with Gasteiger partial charge in [0, 0.05) is 54.3 Å². The van der Waals surface area contributed by atoms with Crippen molar-refractivity contribution in [1.29, 1.82) is 0 Å². The van der Waals surface area contributed by atoms with Crippen molar-refractivity contribution in [3.8, 4) is 11.5 Å². The molecule has 2 aromatic carbocycles. The molecule has 0 radical (unpaired) electrons. The fourth-order valence-electron chi connectivity index (χ4n) is 3.94. The lowest BCUT2D eigenvalue weighted by Crippen LogP contribution is -2.21. The molecule has 1 unspecified atom stereocenters. The number of hydrogen-bond acceptors (Lipinski definition) is 8. The van der Waals surface area contributed by atoms with Crippen LogP contribution in [0.5, 0.6) is 11.5 Å². The van der Waals surface area contributed by atoms with E-state index in [2.05, 4.69) is 9.97 Å². The normalized spacial score (nSPS) is 12.5. The van der Waals surface area contributed by atoms with Gasteiger partial charge in [0.05, 0.1) is 35.8 Å². The molecule has 11 heteroatoms. The van der Waals surface area contributed by atoms with Crippen LogP contribution in [-0.4, -0.2) is 55.2 Å². The summed E-state index contributed by atoms with van der Waals surface area (Å²) in [5.41, 5.74) is 3.66. The highest BCUT2D eigenvalue weighted by Crippen LogP contribution is 2.32. The van der Waals surface area contributed by atoms with E-state index in [4.69, 9.17) is 9.47 Å². The number of hydrogen-bond donors (Lipinski definition) is 0. The highest BCUT2D eigenvalue weighted by Gasteiger charge is 2.32. The van der Waals surface area contributed by atoms with Crippen molar-refractivity contribution in [3.63, 3.8) is 0 Å². The molecule has 0 aliphatic carbocycles. The first-order chi connectivity index (χ1) is 17.1. The molecule has 0 bridgehead atoms. The van der Waals surface area contributed by atoms with Crippen LogP contribution in [-0.2, 0) is 27.0 Å². The number of rotatable bonds is 8. The van der Waals surface area contributed by atoms with Crippen LogP contribution >= 0.6 is 0 Å². The molecule has 2 heterocycles. The smallest absolute Gasteiger partial charge is 0.338 e. The Bertz CT molecular complexity index is 1520. The van der Waals surface area contributed by atoms with Crippen LogP contribution < -0.4 is 14.4 Å². The number of aromatic nitrogens is 3. The Balaban J connectivity index is 1.87. The summed E-state index contributed by atoms with van der Waals surface area (Å²) in [6.45, 7) is 3.71. The highest BCUT2D eigenvalue weighted by molar-refractivity contribution is 7.93. The molecule has 0 fully saturated rings. The standard InChI is InChI=1S/C25H28N4O5S2/c1-16-14-26-22(17(2)24(16)34-6)15-35(30)25-27-21-12-9-19(33-5)13-23(21)29(25)36(31,32)20-10-7-18(8-11-20)28(3)4/h7-14H,15H2,1-6H3. The van der Waals surface area contributed by atoms with Gasteiger partial charge in [-0.25, -0.2) is 8.42 Å². The average molecular weight is 529 g/mol. The second-order valence-corrected chi connectivity index (χ2v) is 11.6. The molecule has 0 N–H and O–H groups in total. The van der Waals surface area contributed by atoms with Crippen LogP contribution in [0.4, 0.5) is 5.69 Å². The van der Waals surface area contributed by atoms with E-state index in [0.717, 1.165) is 20.8 Å². The van der Waals surface area contributed by atoms with E-state index in [1.54, 1.807) is 43.6 Å². The van der Waals surface area contributed by atoms with E-state index < -0.39 is 21.2 Å². The molecule has 0 aliphatic rings. The maximum Gasteiger partial charge on any atom is 0.338 e. The number of anilines is 1. The third-order valence-corrected chi connectivity index (χ3v) is 8.95. The number of aryl methyl sites for hydroxylation is 1. The monoisotopic (exact) mass is 528 g/mol. The van der Waals surface area contributed by atoms with Crippen molar-refractivity contribution in [1.82, 2.24) is 13.9 Å². The minimum atomic E-state index is -4.15. The van der Waals surface area contributed by atoms with Gasteiger partial charge in [0.15, 0.2) is 5.75 Å². The fourth-order valence-corrected chi connectivity index (χ4v) is 6.98. The fraction of sp³-hybridized carbons (Fsp3) is 0.280. The van der Waals surface area contributed by atoms with Crippen molar-refractivity contribution in [2.75, 3.05) is 33.2 Å². The van der Waals surface area contributed by atoms with Crippen molar-refractivity contribution in [2.24, 2.45) is 0 Å². The Kier molecular flexibility index (Phi) is 7.17. The molecule has 0 aliphatic heterocycles. The summed E-state index contributed by atoms with van der Waals surface area (Å²) in [7, 11) is 2.66. The first-order valence-corrected chi connectivity index (χ1v) is 13.8. The second kappa shape index (κ2) is 10.00. The summed E-state index contributed by atoms with van der Waals surface area (Å²) in [5.74, 6) is 1.08. The lowest BCUT2D eigenvalue weighted by atomic mass is 10.1. The molecular formula is C25H28N4O5S2. The Morgan fingerprint density at radius 3 is 2.36 bits per heavy atom. The molecule has 4 rings (SSSR count). The van der Waals surface area contributed by atoms with Crippen molar-refractivity contribution in [2.45, 2.75) is 29.7 Å². The molecule has 0 spiro atoms. The van der Waals surface area contributed by atoms with Crippen molar-refractivity contribution < 1.29 is 22.4 Å². The number of pyridine rings is 1. The van der Waals surface area contributed by atoms with Crippen molar-refractivity contribution >= 4 is 37.9 Å². The van der Waals surface area contributed by atoms with Crippen LogP contribution in [0.15, 0.2) is 58.7 Å². The van der Waals surface area contributed by atoms with Gasteiger partial charge in [0.25, 0.3) is 10.0 Å². The molecular weight excluding hydrogens is 500 g/mol. The van der Waals surface area contributed by atoms with Crippen LogP contribution in [0.25, 0.3) is 11.0 Å². The summed E-state index contributed by atoms with van der Waals surface area (Å²) in [4.78, 5) is 10.8. The molecule has 1 atom stereocenters. The summed E-state index contributed by atoms with van der Waals surface area (Å²) in [5, 5.41) is -0.0873. The third kappa shape index (κ3) is 4.61. The minimum Gasteiger partial charge on any atom is -0.609 e. The van der Waals surface area contributed by atoms with Gasteiger partial charge in [0.1, 0.15) is 11.5 Å². The molecule has 0 saturated carbocycles. The number of methoxy groups -OCH3 is 2. The van der Waals surface area contributed by atoms with Crippen LogP contribution in [0, 0.1) is 13.8 Å². The first-order valence-electron chi connectivity index (χ1n) is 11.1. The van der Waals surface area contributed by atoms with E-state index in [-0.39, 0.29) is 21.3 Å². The van der Waals surface area contributed by atoms with Gasteiger partial charge in [-0.2, -0.15) is 8.96 Å². The maximum atomic E-state index is 13.9. The van der Waals surface area contributed by atoms with Gasteiger partial charge in [0.2, 0.25) is 0 Å². The Labute approximate surface area is 213 Å². The third-order valence-electron chi connectivity index (χ3n) is 5.90. The maximum absolute atomic E-state index is 13.9. The summed E-state index contributed by atoms with van der Waals surface area (Å²) < 4.78 is 53.2. The van der Waals surface area contributed by atoms with Crippen LogP contribution in [0.2, 0.25) is 0 Å². The van der Waals surface area contributed by atoms with E-state index in [9.17, 15) is 13.0 Å². The molecule has 9 nitrogen and oxygen atoms in total. The highest BCUT2D eigenvalue weighted by atomic mass is 32.2. The zero-order chi connectivity index (χ0) is 26.2. The molecule has 2 aromatic heterocycles. The Morgan fingerprint density at radius 2 is 1.75 bits per heavy atom. The van der Waals surface area contributed by atoms with Crippen molar-refractivity contribution in [3.05, 3.63) is 65.5 Å². The van der Waals surface area contributed by atoms with Gasteiger partial charge in [-0.05, 0) is 50.2 Å². The molecule has 190 valence electrons. The second-order valence-electron chi connectivity index (χ2n) is 8.44. The van der Waals surface area contributed by atoms with Crippen LogP contribution in [0.3, 0.4) is 0 Å². The van der Waals surface area contributed by atoms with Gasteiger partial charge < -0.3 is 18.9 Å². The van der Waals surface area contributed by atoms with Gasteiger partial charge in [-0.15, -0.1) is 0 Å². The molecule has 36 heavy (non-hydrogen) atoms. The Hall–Kier alpha value is -3.28. The SMILES string of the molecule is COc1ccc2nc([S+]([O-])Cc3ncc(C)c(OC)c3C)n(S(=O)(=O)c3ccc(N(C)C)cc3)c2c1. The quantitative estimate of drug-likeness (QED) is 0.319. The lowest BCUT2D eigenvalue weighted by molar-refractivity contribution is 0.407.